The summed E-state index contributed by atoms with van der Waals surface area (Å²) in [6, 6.07) is 6.20. The maximum absolute atomic E-state index is 5.85. The van der Waals surface area contributed by atoms with Crippen LogP contribution in [0.5, 0.6) is 5.75 Å². The highest BCUT2D eigenvalue weighted by Crippen LogP contribution is 2.25. The van der Waals surface area contributed by atoms with Crippen molar-refractivity contribution in [3.8, 4) is 5.75 Å². The van der Waals surface area contributed by atoms with Gasteiger partial charge in [0.1, 0.15) is 12.4 Å². The van der Waals surface area contributed by atoms with Crippen LogP contribution in [0, 0.1) is 0 Å². The molecule has 1 aromatic rings. The van der Waals surface area contributed by atoms with Gasteiger partial charge in [0.2, 0.25) is 0 Å². The first-order valence-corrected chi connectivity index (χ1v) is 7.66. The van der Waals surface area contributed by atoms with E-state index in [2.05, 4.69) is 28.9 Å². The highest BCUT2D eigenvalue weighted by Gasteiger charge is 2.22. The zero-order valence-corrected chi connectivity index (χ0v) is 13.2. The van der Waals surface area contributed by atoms with E-state index < -0.39 is 0 Å². The lowest BCUT2D eigenvalue weighted by molar-refractivity contribution is 0.0264. The van der Waals surface area contributed by atoms with Gasteiger partial charge in [-0.15, -0.1) is 0 Å². The molecule has 19 heavy (non-hydrogen) atoms. The van der Waals surface area contributed by atoms with Gasteiger partial charge < -0.3 is 15.2 Å². The Labute approximate surface area is 123 Å². The molecule has 4 heteroatoms. The molecule has 0 aromatic heterocycles. The molecule has 3 unspecified atom stereocenters. The number of nitrogens with two attached hydrogens (primary N) is 1. The van der Waals surface area contributed by atoms with Crippen LogP contribution in [-0.2, 0) is 11.2 Å². The van der Waals surface area contributed by atoms with Gasteiger partial charge in [0.25, 0.3) is 0 Å². The minimum atomic E-state index is 0.144. The molecule has 3 nitrogen and oxygen atoms in total. The summed E-state index contributed by atoms with van der Waals surface area (Å²) in [4.78, 5) is 0. The Kier molecular flexibility index (Phi) is 5.25. The van der Waals surface area contributed by atoms with Crippen LogP contribution < -0.4 is 10.5 Å². The number of ether oxygens (including phenoxy) is 2. The Morgan fingerprint density at radius 3 is 2.89 bits per heavy atom. The van der Waals surface area contributed by atoms with E-state index in [1.54, 1.807) is 0 Å². The largest absolute Gasteiger partial charge is 0.491 e. The monoisotopic (exact) mass is 327 g/mol. The van der Waals surface area contributed by atoms with E-state index in [0.29, 0.717) is 12.7 Å². The standard InChI is InChI=1S/C15H22BrNO2/c1-10(17)7-12-8-13(5-6-15(12)16)18-9-14-4-3-11(2)19-14/h5-6,8,10-11,14H,3-4,7,9,17H2,1-2H3. The first-order chi connectivity index (χ1) is 9.04. The molecule has 1 fully saturated rings. The quantitative estimate of drug-likeness (QED) is 0.902. The van der Waals surface area contributed by atoms with E-state index in [-0.39, 0.29) is 12.1 Å². The molecule has 0 spiro atoms. The fraction of sp³-hybridized carbons (Fsp3) is 0.600. The Bertz CT molecular complexity index is 423. The second kappa shape index (κ2) is 6.73. The fourth-order valence-corrected chi connectivity index (χ4v) is 2.75. The summed E-state index contributed by atoms with van der Waals surface area (Å²) in [6.45, 7) is 4.75. The Balaban J connectivity index is 1.93. The maximum atomic E-state index is 5.85. The zero-order valence-electron chi connectivity index (χ0n) is 11.6. The lowest BCUT2D eigenvalue weighted by Gasteiger charge is -2.14. The molecule has 0 aliphatic carbocycles. The lowest BCUT2D eigenvalue weighted by atomic mass is 10.1. The highest BCUT2D eigenvalue weighted by molar-refractivity contribution is 9.10. The van der Waals surface area contributed by atoms with Crippen molar-refractivity contribution >= 4 is 15.9 Å². The molecule has 1 saturated heterocycles. The summed E-state index contributed by atoms with van der Waals surface area (Å²) in [5, 5.41) is 0. The van der Waals surface area contributed by atoms with Crippen LogP contribution in [0.4, 0.5) is 0 Å². The summed E-state index contributed by atoms with van der Waals surface area (Å²) >= 11 is 3.55. The Hall–Kier alpha value is -0.580. The maximum Gasteiger partial charge on any atom is 0.119 e. The lowest BCUT2D eigenvalue weighted by Crippen LogP contribution is -2.19. The molecule has 2 N–H and O–H groups in total. The van der Waals surface area contributed by atoms with E-state index >= 15 is 0 Å². The van der Waals surface area contributed by atoms with Gasteiger partial charge in [0.05, 0.1) is 12.2 Å². The summed E-state index contributed by atoms with van der Waals surface area (Å²) in [6.07, 6.45) is 3.66. The van der Waals surface area contributed by atoms with Gasteiger partial charge in [-0.25, -0.2) is 0 Å². The number of hydrogen-bond acceptors (Lipinski definition) is 3. The third kappa shape index (κ3) is 4.48. The third-order valence-corrected chi connectivity index (χ3v) is 4.09. The smallest absolute Gasteiger partial charge is 0.119 e. The van der Waals surface area contributed by atoms with Crippen LogP contribution in [-0.4, -0.2) is 24.9 Å². The van der Waals surface area contributed by atoms with Crippen molar-refractivity contribution in [2.45, 2.75) is 51.4 Å². The van der Waals surface area contributed by atoms with Crippen LogP contribution in [0.1, 0.15) is 32.3 Å². The van der Waals surface area contributed by atoms with Crippen LogP contribution in [0.15, 0.2) is 22.7 Å². The van der Waals surface area contributed by atoms with Gasteiger partial charge in [0.15, 0.2) is 0 Å². The van der Waals surface area contributed by atoms with E-state index in [1.165, 1.54) is 5.56 Å². The second-order valence-corrected chi connectivity index (χ2v) is 6.25. The van der Waals surface area contributed by atoms with Crippen molar-refractivity contribution in [1.29, 1.82) is 0 Å². The zero-order chi connectivity index (χ0) is 13.8. The summed E-state index contributed by atoms with van der Waals surface area (Å²) in [5.41, 5.74) is 7.04. The molecule has 3 atom stereocenters. The van der Waals surface area contributed by atoms with E-state index in [0.717, 1.165) is 29.5 Å². The number of benzene rings is 1. The average Bonchev–Trinajstić information content (AvgIpc) is 2.75. The van der Waals surface area contributed by atoms with Crippen LogP contribution in [0.25, 0.3) is 0 Å². The van der Waals surface area contributed by atoms with Gasteiger partial charge in [-0.3, -0.25) is 0 Å². The molecule has 106 valence electrons. The summed E-state index contributed by atoms with van der Waals surface area (Å²) < 4.78 is 12.7. The summed E-state index contributed by atoms with van der Waals surface area (Å²) in [7, 11) is 0. The second-order valence-electron chi connectivity index (χ2n) is 5.39. The average molecular weight is 328 g/mol. The predicted molar refractivity (Wildman–Crippen MR) is 80.6 cm³/mol. The Morgan fingerprint density at radius 1 is 1.47 bits per heavy atom. The molecule has 1 aliphatic rings. The first kappa shape index (κ1) is 14.8. The molecular formula is C15H22BrNO2. The van der Waals surface area contributed by atoms with Crippen molar-refractivity contribution in [3.63, 3.8) is 0 Å². The molecule has 1 aliphatic heterocycles. The number of hydrogen-bond donors (Lipinski definition) is 1. The molecule has 1 aromatic carbocycles. The van der Waals surface area contributed by atoms with E-state index in [1.807, 2.05) is 19.1 Å². The minimum Gasteiger partial charge on any atom is -0.491 e. The number of halogens is 1. The van der Waals surface area contributed by atoms with Crippen molar-refractivity contribution in [2.24, 2.45) is 5.73 Å². The van der Waals surface area contributed by atoms with E-state index in [4.69, 9.17) is 15.2 Å². The van der Waals surface area contributed by atoms with Crippen molar-refractivity contribution < 1.29 is 9.47 Å². The predicted octanol–water partition coefficient (Wildman–Crippen LogP) is 3.29. The van der Waals surface area contributed by atoms with Gasteiger partial charge >= 0.3 is 0 Å². The van der Waals surface area contributed by atoms with Gasteiger partial charge in [0, 0.05) is 10.5 Å². The van der Waals surface area contributed by atoms with Gasteiger partial charge in [-0.2, -0.15) is 0 Å². The molecule has 0 radical (unpaired) electrons. The van der Waals surface area contributed by atoms with Crippen molar-refractivity contribution in [2.75, 3.05) is 6.61 Å². The van der Waals surface area contributed by atoms with Crippen LogP contribution in [0.3, 0.4) is 0 Å². The third-order valence-electron chi connectivity index (χ3n) is 3.31. The molecule has 0 amide bonds. The van der Waals surface area contributed by atoms with Gasteiger partial charge in [-0.1, -0.05) is 15.9 Å². The van der Waals surface area contributed by atoms with Crippen molar-refractivity contribution in [3.05, 3.63) is 28.2 Å². The molecule has 1 heterocycles. The highest BCUT2D eigenvalue weighted by atomic mass is 79.9. The topological polar surface area (TPSA) is 44.5 Å². The first-order valence-electron chi connectivity index (χ1n) is 6.87. The van der Waals surface area contributed by atoms with E-state index in [9.17, 15) is 0 Å². The molecular weight excluding hydrogens is 306 g/mol. The normalized spacial score (nSPS) is 24.4. The number of rotatable bonds is 5. The van der Waals surface area contributed by atoms with Crippen LogP contribution >= 0.6 is 15.9 Å². The van der Waals surface area contributed by atoms with Crippen LogP contribution in [0.2, 0.25) is 0 Å². The van der Waals surface area contributed by atoms with Crippen molar-refractivity contribution in [1.82, 2.24) is 0 Å². The Morgan fingerprint density at radius 2 is 2.26 bits per heavy atom. The summed E-state index contributed by atoms with van der Waals surface area (Å²) in [5.74, 6) is 0.891. The fourth-order valence-electron chi connectivity index (χ4n) is 2.34. The molecule has 2 rings (SSSR count). The SMILES string of the molecule is CC(N)Cc1cc(OCC2CCC(C)O2)ccc1Br. The minimum absolute atomic E-state index is 0.144. The molecule has 0 bridgehead atoms. The van der Waals surface area contributed by atoms with Gasteiger partial charge in [-0.05, 0) is 56.9 Å². The molecule has 0 saturated carbocycles.